The molecule has 0 bridgehead atoms. The van der Waals surface area contributed by atoms with Gasteiger partial charge in [0, 0.05) is 54.4 Å². The number of nitrogens with one attached hydrogen (secondary N) is 3. The average molecular weight is 555 g/mol. The number of rotatable bonds is 9. The monoisotopic (exact) mass is 554 g/mol. The van der Waals surface area contributed by atoms with Gasteiger partial charge in [0.2, 0.25) is 0 Å². The molecule has 0 radical (unpaired) electrons. The molecule has 0 spiro atoms. The zero-order chi connectivity index (χ0) is 28.8. The fraction of sp³-hybridized carbons (Fsp3) is 0.344. The van der Waals surface area contributed by atoms with Crippen molar-refractivity contribution in [3.63, 3.8) is 0 Å². The Morgan fingerprint density at radius 1 is 1.05 bits per heavy atom. The first kappa shape index (κ1) is 28.3. The third-order valence-electron chi connectivity index (χ3n) is 7.46. The first-order chi connectivity index (χ1) is 19.9. The number of fused-ring (bicyclic) bond motifs is 1. The number of hydrogen-bond acceptors (Lipinski definition) is 6. The first-order valence-corrected chi connectivity index (χ1v) is 14.2. The van der Waals surface area contributed by atoms with Crippen molar-refractivity contribution >= 4 is 40.0 Å². The van der Waals surface area contributed by atoms with Gasteiger partial charge in [-0.1, -0.05) is 12.1 Å². The largest absolute Gasteiger partial charge is 0.377 e. The highest BCUT2D eigenvalue weighted by molar-refractivity contribution is 6.04. The van der Waals surface area contributed by atoms with E-state index in [0.717, 1.165) is 48.2 Å². The van der Waals surface area contributed by atoms with E-state index in [1.54, 1.807) is 24.0 Å². The number of nitrogens with zero attached hydrogens (tertiary/aromatic N) is 3. The molecule has 41 heavy (non-hydrogen) atoms. The van der Waals surface area contributed by atoms with Crippen LogP contribution in [0.1, 0.15) is 48.5 Å². The summed E-state index contributed by atoms with van der Waals surface area (Å²) in [5.74, 6) is 0.814. The van der Waals surface area contributed by atoms with Gasteiger partial charge >= 0.3 is 6.03 Å². The van der Waals surface area contributed by atoms with Gasteiger partial charge in [0.15, 0.2) is 0 Å². The Hall–Kier alpha value is -4.21. The molecule has 1 aliphatic rings. The van der Waals surface area contributed by atoms with Crippen LogP contribution in [0.15, 0.2) is 73.1 Å². The zero-order valence-corrected chi connectivity index (χ0v) is 23.9. The van der Waals surface area contributed by atoms with Crippen LogP contribution < -0.4 is 20.9 Å². The maximum Gasteiger partial charge on any atom is 0.325 e. The number of aromatic nitrogens is 2. The summed E-state index contributed by atoms with van der Waals surface area (Å²) >= 11 is 0. The van der Waals surface area contributed by atoms with Gasteiger partial charge in [0.1, 0.15) is 5.82 Å². The van der Waals surface area contributed by atoms with Gasteiger partial charge in [0.05, 0.1) is 18.2 Å². The normalized spacial score (nSPS) is 13.9. The van der Waals surface area contributed by atoms with Crippen LogP contribution in [0.3, 0.4) is 0 Å². The lowest BCUT2D eigenvalue weighted by atomic mass is 9.90. The topological polar surface area (TPSA) is 101 Å². The number of amides is 2. The smallest absolute Gasteiger partial charge is 0.325 e. The molecule has 2 aromatic heterocycles. The molecule has 214 valence electrons. The van der Waals surface area contributed by atoms with Crippen LogP contribution in [-0.4, -0.2) is 60.9 Å². The standard InChI is InChI=1S/C32H38N6O3/c1-22(2)41-19-18-37(27-8-9-29-26(20-27)13-17-38(29)32(40)33-3)28-12-16-35-30(21-28)36-31(39)25-6-4-23(5-7-25)24-10-14-34-15-11-24/h4-9,12-13,16-17,20-22,24,34H,10-11,14-15,18-19H2,1-3H3,(H,33,40)(H,35,36,39). The Kier molecular flexibility index (Phi) is 8.96. The SMILES string of the molecule is CNC(=O)n1ccc2cc(N(CCOC(C)C)c3ccnc(NC(=O)c4ccc(C5CCNCC5)cc4)c3)ccc21. The van der Waals surface area contributed by atoms with Crippen molar-refractivity contribution in [3.05, 3.63) is 84.2 Å². The molecular formula is C32H38N6O3. The van der Waals surface area contributed by atoms with Crippen molar-refractivity contribution in [3.8, 4) is 0 Å². The van der Waals surface area contributed by atoms with Crippen LogP contribution in [0.5, 0.6) is 0 Å². The number of carbonyl (C=O) groups excluding carboxylic acids is 2. The van der Waals surface area contributed by atoms with Crippen LogP contribution in [0.2, 0.25) is 0 Å². The van der Waals surface area contributed by atoms with E-state index >= 15 is 0 Å². The third kappa shape index (κ3) is 6.75. The highest BCUT2D eigenvalue weighted by Crippen LogP contribution is 2.30. The van der Waals surface area contributed by atoms with Crippen LogP contribution in [0, 0.1) is 0 Å². The molecule has 0 unspecified atom stereocenters. The Bertz CT molecular complexity index is 1490. The van der Waals surface area contributed by atoms with Crippen molar-refractivity contribution in [1.29, 1.82) is 0 Å². The van der Waals surface area contributed by atoms with Crippen LogP contribution in [-0.2, 0) is 4.74 Å². The molecule has 3 heterocycles. The number of benzene rings is 2. The summed E-state index contributed by atoms with van der Waals surface area (Å²) in [4.78, 5) is 31.9. The van der Waals surface area contributed by atoms with E-state index in [1.807, 2.05) is 62.4 Å². The van der Waals surface area contributed by atoms with E-state index in [9.17, 15) is 9.59 Å². The molecule has 0 saturated carbocycles. The van der Waals surface area contributed by atoms with Crippen molar-refractivity contribution in [2.45, 2.75) is 38.7 Å². The van der Waals surface area contributed by atoms with Crippen LogP contribution >= 0.6 is 0 Å². The minimum Gasteiger partial charge on any atom is -0.377 e. The highest BCUT2D eigenvalue weighted by atomic mass is 16.5. The van der Waals surface area contributed by atoms with E-state index < -0.39 is 0 Å². The Balaban J connectivity index is 1.36. The summed E-state index contributed by atoms with van der Waals surface area (Å²) < 4.78 is 7.46. The van der Waals surface area contributed by atoms with Crippen molar-refractivity contribution in [1.82, 2.24) is 20.2 Å². The number of piperidine rings is 1. The molecule has 2 amide bonds. The summed E-state index contributed by atoms with van der Waals surface area (Å²) in [5, 5.41) is 9.97. The molecule has 4 aromatic rings. The minimum absolute atomic E-state index is 0.106. The number of anilines is 3. The lowest BCUT2D eigenvalue weighted by Crippen LogP contribution is -2.26. The van der Waals surface area contributed by atoms with Gasteiger partial charge in [-0.05, 0) is 93.7 Å². The Morgan fingerprint density at radius 2 is 1.80 bits per heavy atom. The van der Waals surface area contributed by atoms with Gasteiger partial charge in [0.25, 0.3) is 5.91 Å². The second-order valence-corrected chi connectivity index (χ2v) is 10.6. The van der Waals surface area contributed by atoms with E-state index in [4.69, 9.17) is 4.74 Å². The lowest BCUT2D eigenvalue weighted by Gasteiger charge is -2.26. The minimum atomic E-state index is -0.196. The van der Waals surface area contributed by atoms with Crippen LogP contribution in [0.25, 0.3) is 10.9 Å². The zero-order valence-electron chi connectivity index (χ0n) is 23.9. The van der Waals surface area contributed by atoms with Gasteiger partial charge in [-0.25, -0.2) is 9.78 Å². The van der Waals surface area contributed by atoms with Crippen molar-refractivity contribution in [2.24, 2.45) is 0 Å². The summed E-state index contributed by atoms with van der Waals surface area (Å²) in [6, 6.07) is 19.4. The third-order valence-corrected chi connectivity index (χ3v) is 7.46. The van der Waals surface area contributed by atoms with E-state index in [2.05, 4.69) is 38.0 Å². The summed E-state index contributed by atoms with van der Waals surface area (Å²) in [7, 11) is 1.61. The first-order valence-electron chi connectivity index (χ1n) is 14.2. The quantitative estimate of drug-likeness (QED) is 0.252. The summed E-state index contributed by atoms with van der Waals surface area (Å²) in [5.41, 5.74) is 4.51. The molecule has 3 N–H and O–H groups in total. The van der Waals surface area contributed by atoms with Gasteiger partial charge < -0.3 is 25.6 Å². The molecule has 0 atom stereocenters. The molecule has 9 heteroatoms. The number of hydrogen-bond donors (Lipinski definition) is 3. The molecule has 9 nitrogen and oxygen atoms in total. The predicted molar refractivity (Wildman–Crippen MR) is 163 cm³/mol. The molecule has 5 rings (SSSR count). The lowest BCUT2D eigenvalue weighted by molar-refractivity contribution is 0.0851. The van der Waals surface area contributed by atoms with E-state index in [-0.39, 0.29) is 18.0 Å². The fourth-order valence-corrected chi connectivity index (χ4v) is 5.29. The molecule has 2 aromatic carbocycles. The average Bonchev–Trinajstić information content (AvgIpc) is 3.43. The van der Waals surface area contributed by atoms with Crippen molar-refractivity contribution < 1.29 is 14.3 Å². The number of carbonyl (C=O) groups is 2. The maximum atomic E-state index is 13.1. The van der Waals surface area contributed by atoms with E-state index in [0.29, 0.717) is 30.5 Å². The van der Waals surface area contributed by atoms with Gasteiger partial charge in [-0.2, -0.15) is 0 Å². The summed E-state index contributed by atoms with van der Waals surface area (Å²) in [6.07, 6.45) is 5.80. The Morgan fingerprint density at radius 3 is 2.54 bits per heavy atom. The molecule has 1 fully saturated rings. The molecule has 1 aliphatic heterocycles. The second kappa shape index (κ2) is 13.0. The maximum absolute atomic E-state index is 13.1. The molecule has 1 saturated heterocycles. The number of ether oxygens (including phenoxy) is 1. The summed E-state index contributed by atoms with van der Waals surface area (Å²) in [6.45, 7) is 7.20. The van der Waals surface area contributed by atoms with Gasteiger partial charge in [-0.15, -0.1) is 0 Å². The predicted octanol–water partition coefficient (Wildman–Crippen LogP) is 5.51. The second-order valence-electron chi connectivity index (χ2n) is 10.6. The van der Waals surface area contributed by atoms with E-state index in [1.165, 1.54) is 5.56 Å². The molecular weight excluding hydrogens is 516 g/mol. The van der Waals surface area contributed by atoms with Crippen LogP contribution in [0.4, 0.5) is 22.0 Å². The molecule has 0 aliphatic carbocycles. The number of pyridine rings is 1. The van der Waals surface area contributed by atoms with Crippen molar-refractivity contribution in [2.75, 3.05) is 43.5 Å². The van der Waals surface area contributed by atoms with Gasteiger partial charge in [-0.3, -0.25) is 9.36 Å². The highest BCUT2D eigenvalue weighted by Gasteiger charge is 2.17. The fourth-order valence-electron chi connectivity index (χ4n) is 5.29. The Labute approximate surface area is 240 Å².